The third kappa shape index (κ3) is 3.74. The van der Waals surface area contributed by atoms with E-state index in [4.69, 9.17) is 27.6 Å². The van der Waals surface area contributed by atoms with Crippen molar-refractivity contribution in [2.45, 2.75) is 0 Å². The number of hydrogen-bond acceptors (Lipinski definition) is 6. The summed E-state index contributed by atoms with van der Waals surface area (Å²) in [5, 5.41) is 13.9. The second-order valence-electron chi connectivity index (χ2n) is 6.46. The second-order valence-corrected chi connectivity index (χ2v) is 9.02. The number of aromatic hydroxyl groups is 1. The summed E-state index contributed by atoms with van der Waals surface area (Å²) in [5.74, 6) is -0.727. The number of sulfonamides is 1. The van der Waals surface area contributed by atoms with Crippen LogP contribution in [0.5, 0.6) is 5.75 Å². The Morgan fingerprint density at radius 1 is 1.13 bits per heavy atom. The normalized spacial score (nSPS) is 11.7. The molecule has 2 aromatic heterocycles. The molecule has 0 aliphatic heterocycles. The van der Waals surface area contributed by atoms with Crippen LogP contribution in [-0.4, -0.2) is 30.7 Å². The van der Waals surface area contributed by atoms with Crippen molar-refractivity contribution in [1.82, 2.24) is 4.98 Å². The van der Waals surface area contributed by atoms with E-state index in [9.17, 15) is 18.3 Å². The quantitative estimate of drug-likeness (QED) is 0.404. The van der Waals surface area contributed by atoms with E-state index < -0.39 is 15.9 Å². The monoisotopic (exact) mass is 465 g/mol. The van der Waals surface area contributed by atoms with Crippen LogP contribution in [0, 0.1) is 0 Å². The molecule has 0 aliphatic rings. The van der Waals surface area contributed by atoms with Gasteiger partial charge in [0.25, 0.3) is 5.91 Å². The lowest BCUT2D eigenvalue weighted by Gasteiger charge is -2.10. The first kappa shape index (κ1) is 20.3. The molecule has 2 aromatic carbocycles. The van der Waals surface area contributed by atoms with Crippen LogP contribution in [0.2, 0.25) is 10.0 Å². The summed E-state index contributed by atoms with van der Waals surface area (Å²) >= 11 is 12.2. The van der Waals surface area contributed by atoms with Crippen molar-refractivity contribution >= 4 is 72.4 Å². The van der Waals surface area contributed by atoms with Gasteiger partial charge in [-0.3, -0.25) is 14.5 Å². The van der Waals surface area contributed by atoms with Crippen molar-refractivity contribution in [2.75, 3.05) is 16.3 Å². The standard InChI is InChI=1S/C19H13Cl2N3O5S/c1-30(27,28)24-9-2-5-15-11(6-9)16-10(3-4-14(25)18(16)29-15)19(26)23-17-12(20)7-22-8-13(17)21/h2-8,24-25H,1H3,(H,22,23,26). The van der Waals surface area contributed by atoms with Crippen LogP contribution in [0.4, 0.5) is 11.4 Å². The van der Waals surface area contributed by atoms with Crippen LogP contribution in [0.25, 0.3) is 21.9 Å². The average molecular weight is 466 g/mol. The number of nitrogens with zero attached hydrogens (tertiary/aromatic N) is 1. The summed E-state index contributed by atoms with van der Waals surface area (Å²) < 4.78 is 31.2. The number of phenolic OH excluding ortho intramolecular Hbond substituents is 1. The predicted molar refractivity (Wildman–Crippen MR) is 116 cm³/mol. The van der Waals surface area contributed by atoms with Crippen molar-refractivity contribution in [1.29, 1.82) is 0 Å². The van der Waals surface area contributed by atoms with Gasteiger partial charge in [0.15, 0.2) is 11.3 Å². The first-order valence-electron chi connectivity index (χ1n) is 8.40. The van der Waals surface area contributed by atoms with Gasteiger partial charge < -0.3 is 14.8 Å². The number of hydrogen-bond donors (Lipinski definition) is 3. The molecule has 2 heterocycles. The van der Waals surface area contributed by atoms with Crippen molar-refractivity contribution in [3.05, 3.63) is 58.3 Å². The van der Waals surface area contributed by atoms with Gasteiger partial charge >= 0.3 is 0 Å². The largest absolute Gasteiger partial charge is 0.504 e. The lowest BCUT2D eigenvalue weighted by atomic mass is 10.0. The van der Waals surface area contributed by atoms with Gasteiger partial charge in [0, 0.05) is 28.9 Å². The number of anilines is 2. The summed E-state index contributed by atoms with van der Waals surface area (Å²) in [4.78, 5) is 16.9. The van der Waals surface area contributed by atoms with Crippen molar-refractivity contribution in [2.24, 2.45) is 0 Å². The third-order valence-corrected chi connectivity index (χ3v) is 5.42. The van der Waals surface area contributed by atoms with E-state index in [2.05, 4.69) is 15.0 Å². The Kier molecular flexibility index (Phi) is 4.97. The molecule has 0 aliphatic carbocycles. The number of fused-ring (bicyclic) bond motifs is 3. The molecule has 11 heteroatoms. The number of benzene rings is 2. The average Bonchev–Trinajstić information content (AvgIpc) is 3.03. The fourth-order valence-electron chi connectivity index (χ4n) is 3.05. The number of amides is 1. The Bertz CT molecular complexity index is 1410. The molecule has 0 unspecified atom stereocenters. The van der Waals surface area contributed by atoms with Gasteiger partial charge in [-0.25, -0.2) is 8.42 Å². The molecule has 3 N–H and O–H groups in total. The summed E-state index contributed by atoms with van der Waals surface area (Å²) in [6, 6.07) is 7.32. The van der Waals surface area contributed by atoms with Crippen LogP contribution >= 0.6 is 23.2 Å². The molecular weight excluding hydrogens is 453 g/mol. The molecule has 30 heavy (non-hydrogen) atoms. The molecule has 4 rings (SSSR count). The highest BCUT2D eigenvalue weighted by Crippen LogP contribution is 2.38. The number of aromatic nitrogens is 1. The van der Waals surface area contributed by atoms with Gasteiger partial charge in [-0.2, -0.15) is 0 Å². The van der Waals surface area contributed by atoms with E-state index in [-0.39, 0.29) is 38.3 Å². The van der Waals surface area contributed by atoms with Gasteiger partial charge in [-0.1, -0.05) is 23.2 Å². The fraction of sp³-hybridized carbons (Fsp3) is 0.0526. The minimum absolute atomic E-state index is 0.0843. The molecule has 0 bridgehead atoms. The Morgan fingerprint density at radius 2 is 1.83 bits per heavy atom. The maximum atomic E-state index is 13.0. The molecule has 0 atom stereocenters. The molecule has 8 nitrogen and oxygen atoms in total. The topological polar surface area (TPSA) is 122 Å². The number of phenols is 1. The number of carbonyl (C=O) groups excluding carboxylic acids is 1. The van der Waals surface area contributed by atoms with Gasteiger partial charge in [0.1, 0.15) is 5.58 Å². The van der Waals surface area contributed by atoms with Crippen molar-refractivity contribution in [3.8, 4) is 5.75 Å². The minimum Gasteiger partial charge on any atom is -0.504 e. The Balaban J connectivity index is 1.89. The molecule has 0 saturated heterocycles. The molecule has 0 spiro atoms. The number of carbonyl (C=O) groups is 1. The van der Waals surface area contributed by atoms with Crippen LogP contribution < -0.4 is 10.0 Å². The predicted octanol–water partition coefficient (Wildman–Crippen LogP) is 4.62. The zero-order chi connectivity index (χ0) is 21.6. The van der Waals surface area contributed by atoms with E-state index >= 15 is 0 Å². The van der Waals surface area contributed by atoms with Gasteiger partial charge in [-0.05, 0) is 30.3 Å². The number of nitrogens with one attached hydrogen (secondary N) is 2. The van der Waals surface area contributed by atoms with E-state index in [1.807, 2.05) is 0 Å². The number of pyridine rings is 1. The number of rotatable bonds is 4. The van der Waals surface area contributed by atoms with Crippen LogP contribution in [0.3, 0.4) is 0 Å². The van der Waals surface area contributed by atoms with E-state index in [1.54, 1.807) is 6.07 Å². The van der Waals surface area contributed by atoms with Gasteiger partial charge in [-0.15, -0.1) is 0 Å². The highest BCUT2D eigenvalue weighted by Gasteiger charge is 2.21. The van der Waals surface area contributed by atoms with Crippen molar-refractivity contribution < 1.29 is 22.7 Å². The highest BCUT2D eigenvalue weighted by molar-refractivity contribution is 7.92. The van der Waals surface area contributed by atoms with Crippen molar-refractivity contribution in [3.63, 3.8) is 0 Å². The zero-order valence-electron chi connectivity index (χ0n) is 15.2. The summed E-state index contributed by atoms with van der Waals surface area (Å²) in [6.45, 7) is 0. The zero-order valence-corrected chi connectivity index (χ0v) is 17.6. The highest BCUT2D eigenvalue weighted by atomic mass is 35.5. The van der Waals surface area contributed by atoms with Gasteiger partial charge in [0.05, 0.1) is 27.6 Å². The Labute approximate surface area is 180 Å². The number of furan rings is 1. The van der Waals surface area contributed by atoms with E-state index in [0.29, 0.717) is 16.4 Å². The lowest BCUT2D eigenvalue weighted by Crippen LogP contribution is -2.13. The molecule has 4 aromatic rings. The van der Waals surface area contributed by atoms with E-state index in [1.165, 1.54) is 36.7 Å². The first-order chi connectivity index (χ1) is 14.1. The molecule has 0 radical (unpaired) electrons. The van der Waals surface area contributed by atoms with Crippen LogP contribution in [0.1, 0.15) is 10.4 Å². The summed E-state index contributed by atoms with van der Waals surface area (Å²) in [5.41, 5.74) is 1.08. The lowest BCUT2D eigenvalue weighted by molar-refractivity contribution is 0.102. The molecular formula is C19H13Cl2N3O5S. The SMILES string of the molecule is CS(=O)(=O)Nc1ccc2oc3c(O)ccc(C(=O)Nc4c(Cl)cncc4Cl)c3c2c1. The third-order valence-electron chi connectivity index (χ3n) is 4.24. The minimum atomic E-state index is -3.51. The summed E-state index contributed by atoms with van der Waals surface area (Å²) in [6.07, 6.45) is 3.70. The number of halogens is 2. The molecule has 0 saturated carbocycles. The molecule has 0 fully saturated rings. The molecule has 1 amide bonds. The maximum absolute atomic E-state index is 13.0. The summed E-state index contributed by atoms with van der Waals surface area (Å²) in [7, 11) is -3.51. The smallest absolute Gasteiger partial charge is 0.256 e. The van der Waals surface area contributed by atoms with E-state index in [0.717, 1.165) is 6.26 Å². The Hall–Kier alpha value is -3.01. The van der Waals surface area contributed by atoms with Crippen LogP contribution in [-0.2, 0) is 10.0 Å². The Morgan fingerprint density at radius 3 is 2.50 bits per heavy atom. The second kappa shape index (κ2) is 7.35. The fourth-order valence-corrected chi connectivity index (χ4v) is 4.06. The maximum Gasteiger partial charge on any atom is 0.256 e. The molecule has 154 valence electrons. The first-order valence-corrected chi connectivity index (χ1v) is 11.0. The van der Waals surface area contributed by atoms with Gasteiger partial charge in [0.2, 0.25) is 10.0 Å². The van der Waals surface area contributed by atoms with Crippen LogP contribution in [0.15, 0.2) is 47.1 Å².